The molecule has 4 nitrogen and oxygen atoms in total. The van der Waals surface area contributed by atoms with E-state index in [0.29, 0.717) is 19.4 Å². The van der Waals surface area contributed by atoms with Crippen molar-refractivity contribution in [1.82, 2.24) is 5.32 Å². The molecule has 0 radical (unpaired) electrons. The van der Waals surface area contributed by atoms with Crippen molar-refractivity contribution in [1.29, 1.82) is 0 Å². The van der Waals surface area contributed by atoms with E-state index in [1.54, 1.807) is 11.8 Å². The Hall–Kier alpha value is -1.20. The van der Waals surface area contributed by atoms with Crippen LogP contribution in [0, 0.1) is 0 Å². The summed E-state index contributed by atoms with van der Waals surface area (Å²) in [4.78, 5) is 12.0. The first-order valence-corrected chi connectivity index (χ1v) is 8.54. The van der Waals surface area contributed by atoms with Gasteiger partial charge < -0.3 is 15.2 Å². The molecule has 0 aliphatic rings. The normalized spacial score (nSPS) is 13.5. The number of carbonyl (C=O) groups excluding carboxylic acids is 1. The molecule has 0 aliphatic heterocycles. The lowest BCUT2D eigenvalue weighted by atomic mass is 10.1. The van der Waals surface area contributed by atoms with E-state index >= 15 is 0 Å². The largest absolute Gasteiger partial charge is 0.494 e. The fourth-order valence-electron chi connectivity index (χ4n) is 2.11. The number of hydrogen-bond acceptors (Lipinski definition) is 4. The van der Waals surface area contributed by atoms with E-state index in [1.165, 1.54) is 0 Å². The van der Waals surface area contributed by atoms with Crippen molar-refractivity contribution in [3.63, 3.8) is 0 Å². The van der Waals surface area contributed by atoms with Gasteiger partial charge >= 0.3 is 0 Å². The van der Waals surface area contributed by atoms with Crippen LogP contribution in [-0.2, 0) is 11.2 Å². The molecular formula is C16H25NO3S. The molecule has 1 amide bonds. The number of aryl methyl sites for hydroxylation is 1. The maximum atomic E-state index is 12.0. The summed E-state index contributed by atoms with van der Waals surface area (Å²) in [5.74, 6) is 0.847. The van der Waals surface area contributed by atoms with Gasteiger partial charge in [-0.25, -0.2) is 0 Å². The standard InChI is InChI=1S/C16H25NO3S/c1-4-20-14-8-6-5-7-13(14)9-10-16(19)17-12(2)15(11-18)21-3/h5-8,12,15,18H,4,9-11H2,1-3H3,(H,17,19). The molecule has 0 saturated carbocycles. The van der Waals surface area contributed by atoms with Crippen molar-refractivity contribution in [3.05, 3.63) is 29.8 Å². The van der Waals surface area contributed by atoms with Crippen LogP contribution in [0.1, 0.15) is 25.8 Å². The molecule has 1 aromatic carbocycles. The zero-order valence-corrected chi connectivity index (χ0v) is 13.8. The Bertz CT molecular complexity index is 435. The molecule has 0 spiro atoms. The van der Waals surface area contributed by atoms with E-state index in [2.05, 4.69) is 5.32 Å². The summed E-state index contributed by atoms with van der Waals surface area (Å²) in [6.07, 6.45) is 3.00. The summed E-state index contributed by atoms with van der Waals surface area (Å²) in [5, 5.41) is 12.2. The Morgan fingerprint density at radius 1 is 1.43 bits per heavy atom. The van der Waals surface area contributed by atoms with Gasteiger partial charge in [-0.05, 0) is 38.2 Å². The van der Waals surface area contributed by atoms with E-state index in [9.17, 15) is 9.90 Å². The molecule has 1 aromatic rings. The molecule has 0 fully saturated rings. The van der Waals surface area contributed by atoms with Gasteiger partial charge in [0.25, 0.3) is 0 Å². The Morgan fingerprint density at radius 2 is 2.14 bits per heavy atom. The number of carbonyl (C=O) groups is 1. The third-order valence-corrected chi connectivity index (χ3v) is 4.49. The minimum atomic E-state index is -0.0420. The average molecular weight is 311 g/mol. The second-order valence-corrected chi connectivity index (χ2v) is 5.93. The minimum Gasteiger partial charge on any atom is -0.494 e. The summed E-state index contributed by atoms with van der Waals surface area (Å²) >= 11 is 1.56. The van der Waals surface area contributed by atoms with Gasteiger partial charge in [0.2, 0.25) is 5.91 Å². The van der Waals surface area contributed by atoms with Crippen LogP contribution in [0.4, 0.5) is 0 Å². The SMILES string of the molecule is CCOc1ccccc1CCC(=O)NC(C)C(CO)SC. The number of thioether (sulfide) groups is 1. The lowest BCUT2D eigenvalue weighted by Crippen LogP contribution is -2.41. The lowest BCUT2D eigenvalue weighted by molar-refractivity contribution is -0.121. The summed E-state index contributed by atoms with van der Waals surface area (Å²) in [6.45, 7) is 4.55. The Morgan fingerprint density at radius 3 is 2.76 bits per heavy atom. The van der Waals surface area contributed by atoms with Crippen LogP contribution in [0.25, 0.3) is 0 Å². The van der Waals surface area contributed by atoms with Crippen LogP contribution in [0.2, 0.25) is 0 Å². The molecule has 21 heavy (non-hydrogen) atoms. The fourth-order valence-corrected chi connectivity index (χ4v) is 2.74. The Kier molecular flexibility index (Phi) is 8.23. The first-order valence-electron chi connectivity index (χ1n) is 7.26. The third-order valence-electron chi connectivity index (χ3n) is 3.32. The number of aliphatic hydroxyl groups is 1. The Balaban J connectivity index is 2.50. The maximum Gasteiger partial charge on any atom is 0.220 e. The zero-order valence-electron chi connectivity index (χ0n) is 13.0. The first kappa shape index (κ1) is 17.9. The predicted octanol–water partition coefficient (Wildman–Crippen LogP) is 2.25. The Labute approximate surface area is 131 Å². The highest BCUT2D eigenvalue weighted by atomic mass is 32.2. The van der Waals surface area contributed by atoms with Crippen LogP contribution < -0.4 is 10.1 Å². The van der Waals surface area contributed by atoms with Crippen molar-refractivity contribution < 1.29 is 14.6 Å². The third kappa shape index (κ3) is 5.98. The molecule has 0 aromatic heterocycles. The van der Waals surface area contributed by atoms with Gasteiger partial charge in [-0.2, -0.15) is 11.8 Å². The van der Waals surface area contributed by atoms with E-state index in [-0.39, 0.29) is 23.8 Å². The number of para-hydroxylation sites is 1. The monoisotopic (exact) mass is 311 g/mol. The summed E-state index contributed by atoms with van der Waals surface area (Å²) in [6, 6.07) is 7.75. The van der Waals surface area contributed by atoms with Crippen LogP contribution >= 0.6 is 11.8 Å². The molecular weight excluding hydrogens is 286 g/mol. The predicted molar refractivity (Wildman–Crippen MR) is 87.9 cm³/mol. The van der Waals surface area contributed by atoms with Crippen molar-refractivity contribution >= 4 is 17.7 Å². The van der Waals surface area contributed by atoms with E-state index in [0.717, 1.165) is 11.3 Å². The van der Waals surface area contributed by atoms with Crippen molar-refractivity contribution in [2.75, 3.05) is 19.5 Å². The van der Waals surface area contributed by atoms with Gasteiger partial charge in [0, 0.05) is 17.7 Å². The summed E-state index contributed by atoms with van der Waals surface area (Å²) in [5.41, 5.74) is 1.05. The second-order valence-electron chi connectivity index (χ2n) is 4.85. The number of ether oxygens (including phenoxy) is 1. The molecule has 0 aliphatic carbocycles. The topological polar surface area (TPSA) is 58.6 Å². The van der Waals surface area contributed by atoms with E-state index in [1.807, 2.05) is 44.4 Å². The average Bonchev–Trinajstić information content (AvgIpc) is 2.48. The minimum absolute atomic E-state index is 0.00121. The first-order chi connectivity index (χ1) is 10.1. The van der Waals surface area contributed by atoms with E-state index in [4.69, 9.17) is 4.74 Å². The van der Waals surface area contributed by atoms with Gasteiger partial charge in [0.1, 0.15) is 5.75 Å². The highest BCUT2D eigenvalue weighted by Crippen LogP contribution is 2.19. The summed E-state index contributed by atoms with van der Waals surface area (Å²) in [7, 11) is 0. The molecule has 1 rings (SSSR count). The molecule has 2 atom stereocenters. The molecule has 0 saturated heterocycles. The lowest BCUT2D eigenvalue weighted by Gasteiger charge is -2.21. The fraction of sp³-hybridized carbons (Fsp3) is 0.562. The summed E-state index contributed by atoms with van der Waals surface area (Å²) < 4.78 is 5.56. The number of hydrogen-bond donors (Lipinski definition) is 2. The smallest absolute Gasteiger partial charge is 0.220 e. The van der Waals surface area contributed by atoms with Gasteiger partial charge in [0.05, 0.1) is 13.2 Å². The quantitative estimate of drug-likeness (QED) is 0.734. The molecule has 118 valence electrons. The van der Waals surface area contributed by atoms with Gasteiger partial charge in [-0.1, -0.05) is 18.2 Å². The molecule has 2 N–H and O–H groups in total. The zero-order chi connectivity index (χ0) is 15.7. The maximum absolute atomic E-state index is 12.0. The second kappa shape index (κ2) is 9.68. The molecule has 0 heterocycles. The molecule has 0 bridgehead atoms. The van der Waals surface area contributed by atoms with Gasteiger partial charge in [0.15, 0.2) is 0 Å². The van der Waals surface area contributed by atoms with E-state index < -0.39 is 0 Å². The number of nitrogens with one attached hydrogen (secondary N) is 1. The van der Waals surface area contributed by atoms with Crippen LogP contribution in [0.5, 0.6) is 5.75 Å². The molecule has 2 unspecified atom stereocenters. The van der Waals surface area contributed by atoms with Crippen molar-refractivity contribution in [2.24, 2.45) is 0 Å². The van der Waals surface area contributed by atoms with Gasteiger partial charge in [-0.3, -0.25) is 4.79 Å². The van der Waals surface area contributed by atoms with Crippen LogP contribution in [0.3, 0.4) is 0 Å². The van der Waals surface area contributed by atoms with Gasteiger partial charge in [-0.15, -0.1) is 0 Å². The number of benzene rings is 1. The number of rotatable bonds is 9. The highest BCUT2D eigenvalue weighted by molar-refractivity contribution is 7.99. The number of amides is 1. The van der Waals surface area contributed by atoms with Crippen molar-refractivity contribution in [2.45, 2.75) is 38.0 Å². The number of aliphatic hydroxyl groups excluding tert-OH is 1. The molecule has 5 heteroatoms. The highest BCUT2D eigenvalue weighted by Gasteiger charge is 2.17. The van der Waals surface area contributed by atoms with Crippen molar-refractivity contribution in [3.8, 4) is 5.75 Å². The van der Waals surface area contributed by atoms with Crippen LogP contribution in [0.15, 0.2) is 24.3 Å². The van der Waals surface area contributed by atoms with Crippen LogP contribution in [-0.4, -0.2) is 41.8 Å².